The van der Waals surface area contributed by atoms with Crippen molar-refractivity contribution in [3.8, 4) is 0 Å². The number of likely N-dealkylation sites (tertiary alicyclic amines) is 1. The summed E-state index contributed by atoms with van der Waals surface area (Å²) in [6.07, 6.45) is -0.682. The summed E-state index contributed by atoms with van der Waals surface area (Å²) in [6.45, 7) is -0.632. The maximum Gasteiger partial charge on any atom is 0.410 e. The largest absolute Gasteiger partial charge is 0.465 e. The number of carboxylic acid groups (broad SMARTS) is 1. The lowest BCUT2D eigenvalue weighted by atomic mass is 10.1. The number of imide groups is 1. The molecule has 0 unspecified atom stereocenters. The highest BCUT2D eigenvalue weighted by molar-refractivity contribution is 6.22. The Hall–Kier alpha value is -4.21. The molecule has 0 saturated carbocycles. The van der Waals surface area contributed by atoms with Gasteiger partial charge in [-0.2, -0.15) is 0 Å². The molecule has 0 bridgehead atoms. The van der Waals surface area contributed by atoms with Crippen molar-refractivity contribution in [1.82, 2.24) is 14.7 Å². The molecule has 0 aromatic heterocycles. The summed E-state index contributed by atoms with van der Waals surface area (Å²) in [5.74, 6) is -1.67. The van der Waals surface area contributed by atoms with Gasteiger partial charge in [-0.25, -0.2) is 9.59 Å². The van der Waals surface area contributed by atoms with Crippen LogP contribution in [0.1, 0.15) is 39.1 Å². The van der Waals surface area contributed by atoms with Crippen LogP contribution >= 0.6 is 0 Å². The number of benzene rings is 2. The molecular formula is C25H25N3O7. The van der Waals surface area contributed by atoms with E-state index in [1.807, 2.05) is 6.07 Å². The van der Waals surface area contributed by atoms with Crippen molar-refractivity contribution in [3.63, 3.8) is 0 Å². The normalized spacial score (nSPS) is 16.9. The molecule has 1 atom stereocenters. The molecule has 10 heteroatoms. The Morgan fingerprint density at radius 3 is 2.23 bits per heavy atom. The Morgan fingerprint density at radius 2 is 1.60 bits per heavy atom. The quantitative estimate of drug-likeness (QED) is 0.577. The first-order chi connectivity index (χ1) is 16.8. The maximum atomic E-state index is 12.9. The number of Topliss-reactive ketones (excluding diaryl/α,β-unsaturated/α-hetero) is 1. The highest BCUT2D eigenvalue weighted by atomic mass is 16.6. The Balaban J connectivity index is 1.44. The van der Waals surface area contributed by atoms with Gasteiger partial charge in [-0.15, -0.1) is 0 Å². The van der Waals surface area contributed by atoms with E-state index in [4.69, 9.17) is 4.74 Å². The van der Waals surface area contributed by atoms with Crippen molar-refractivity contribution in [2.24, 2.45) is 0 Å². The number of ketones is 1. The molecule has 2 aromatic carbocycles. The van der Waals surface area contributed by atoms with E-state index < -0.39 is 48.9 Å². The fourth-order valence-electron chi connectivity index (χ4n) is 4.37. The highest BCUT2D eigenvalue weighted by Crippen LogP contribution is 2.23. The summed E-state index contributed by atoms with van der Waals surface area (Å²) >= 11 is 0. The molecule has 4 amide bonds. The summed E-state index contributed by atoms with van der Waals surface area (Å²) in [4.78, 5) is 65.8. The van der Waals surface area contributed by atoms with Crippen LogP contribution in [0.5, 0.6) is 0 Å². The molecule has 0 radical (unpaired) electrons. The molecule has 1 N–H and O–H groups in total. The average molecular weight is 479 g/mol. The minimum Gasteiger partial charge on any atom is -0.465 e. The molecule has 2 heterocycles. The first-order valence-electron chi connectivity index (χ1n) is 11.3. The monoisotopic (exact) mass is 479 g/mol. The second-order valence-electron chi connectivity index (χ2n) is 8.47. The maximum absolute atomic E-state index is 12.9. The molecule has 2 aliphatic heterocycles. The van der Waals surface area contributed by atoms with E-state index in [0.29, 0.717) is 19.4 Å². The standard InChI is InChI=1S/C25H25N3O7/c29-19(15-28-22(30)20-10-4-5-11-21(20)23(28)31)14-26(13-18-9-6-12-27(18)24(32)33)25(34)35-16-17-7-2-1-3-8-17/h1-5,7-8,10-11,18H,6,9,12-16H2,(H,32,33)/t18-/m0/s1. The van der Waals surface area contributed by atoms with Gasteiger partial charge in [-0.05, 0) is 30.5 Å². The number of carbonyl (C=O) groups is 5. The van der Waals surface area contributed by atoms with Gasteiger partial charge in [-0.3, -0.25) is 24.2 Å². The third-order valence-corrected chi connectivity index (χ3v) is 6.10. The van der Waals surface area contributed by atoms with Gasteiger partial charge in [0.15, 0.2) is 5.78 Å². The second kappa shape index (κ2) is 10.4. The molecule has 2 aliphatic rings. The molecule has 0 spiro atoms. The minimum absolute atomic E-state index is 0.0178. The summed E-state index contributed by atoms with van der Waals surface area (Å²) in [7, 11) is 0. The van der Waals surface area contributed by atoms with E-state index in [2.05, 4.69) is 0 Å². The Labute approximate surface area is 201 Å². The van der Waals surface area contributed by atoms with Gasteiger partial charge in [-0.1, -0.05) is 42.5 Å². The molecule has 35 heavy (non-hydrogen) atoms. The molecule has 4 rings (SSSR count). The Morgan fingerprint density at radius 1 is 0.971 bits per heavy atom. The van der Waals surface area contributed by atoms with Gasteiger partial charge >= 0.3 is 12.2 Å². The van der Waals surface area contributed by atoms with Crippen LogP contribution in [0.2, 0.25) is 0 Å². The van der Waals surface area contributed by atoms with E-state index in [0.717, 1.165) is 15.4 Å². The number of rotatable bonds is 8. The van der Waals surface area contributed by atoms with Crippen molar-refractivity contribution in [2.45, 2.75) is 25.5 Å². The van der Waals surface area contributed by atoms with E-state index in [-0.39, 0.29) is 24.3 Å². The van der Waals surface area contributed by atoms with E-state index in [1.165, 1.54) is 17.0 Å². The van der Waals surface area contributed by atoms with Crippen LogP contribution in [0.15, 0.2) is 54.6 Å². The average Bonchev–Trinajstić information content (AvgIpc) is 3.42. The molecular weight excluding hydrogens is 454 g/mol. The zero-order chi connectivity index (χ0) is 24.9. The van der Waals surface area contributed by atoms with Gasteiger partial charge in [0.2, 0.25) is 0 Å². The number of amides is 4. The van der Waals surface area contributed by atoms with Gasteiger partial charge in [0, 0.05) is 13.1 Å². The first kappa shape index (κ1) is 23.9. The lowest BCUT2D eigenvalue weighted by Gasteiger charge is -2.29. The summed E-state index contributed by atoms with van der Waals surface area (Å²) in [5, 5.41) is 9.45. The van der Waals surface area contributed by atoms with Crippen LogP contribution < -0.4 is 0 Å². The minimum atomic E-state index is -1.09. The van der Waals surface area contributed by atoms with Crippen LogP contribution in [0.25, 0.3) is 0 Å². The fraction of sp³-hybridized carbons (Fsp3) is 0.320. The predicted octanol–water partition coefficient (Wildman–Crippen LogP) is 2.63. The number of hydrogen-bond acceptors (Lipinski definition) is 6. The Kier molecular flexibility index (Phi) is 7.09. The topological polar surface area (TPSA) is 125 Å². The molecule has 182 valence electrons. The van der Waals surface area contributed by atoms with Crippen LogP contribution in [-0.2, 0) is 16.1 Å². The molecule has 10 nitrogen and oxygen atoms in total. The molecule has 2 aromatic rings. The van der Waals surface area contributed by atoms with Gasteiger partial charge < -0.3 is 14.7 Å². The van der Waals surface area contributed by atoms with Crippen molar-refractivity contribution in [3.05, 3.63) is 71.3 Å². The number of ether oxygens (including phenoxy) is 1. The van der Waals surface area contributed by atoms with E-state index >= 15 is 0 Å². The van der Waals surface area contributed by atoms with Crippen LogP contribution in [0, 0.1) is 0 Å². The molecule has 1 saturated heterocycles. The second-order valence-corrected chi connectivity index (χ2v) is 8.47. The number of hydrogen-bond donors (Lipinski definition) is 1. The van der Waals surface area contributed by atoms with Crippen LogP contribution in [0.4, 0.5) is 9.59 Å². The van der Waals surface area contributed by atoms with Gasteiger partial charge in [0.1, 0.15) is 6.61 Å². The van der Waals surface area contributed by atoms with Crippen LogP contribution in [-0.4, -0.2) is 81.8 Å². The molecule has 0 aliphatic carbocycles. The lowest BCUT2D eigenvalue weighted by Crippen LogP contribution is -2.48. The smallest absolute Gasteiger partial charge is 0.410 e. The third-order valence-electron chi connectivity index (χ3n) is 6.10. The summed E-state index contributed by atoms with van der Waals surface area (Å²) in [6, 6.07) is 14.8. The predicted molar refractivity (Wildman–Crippen MR) is 123 cm³/mol. The Bertz CT molecular complexity index is 1120. The van der Waals surface area contributed by atoms with Gasteiger partial charge in [0.05, 0.1) is 30.3 Å². The number of nitrogens with zero attached hydrogens (tertiary/aromatic N) is 3. The van der Waals surface area contributed by atoms with Crippen LogP contribution in [0.3, 0.4) is 0 Å². The van der Waals surface area contributed by atoms with E-state index in [9.17, 15) is 29.1 Å². The fourth-order valence-corrected chi connectivity index (χ4v) is 4.37. The summed E-state index contributed by atoms with van der Waals surface area (Å²) < 4.78 is 5.38. The van der Waals surface area contributed by atoms with Crippen molar-refractivity contribution in [1.29, 1.82) is 0 Å². The SMILES string of the molecule is O=C(CN(C[C@@H]1CCCN1C(=O)O)C(=O)OCc1ccccc1)CN1C(=O)c2ccccc2C1=O. The first-order valence-corrected chi connectivity index (χ1v) is 11.3. The number of fused-ring (bicyclic) bond motifs is 1. The van der Waals surface area contributed by atoms with Crippen molar-refractivity contribution >= 4 is 29.8 Å². The highest BCUT2D eigenvalue weighted by Gasteiger charge is 2.37. The van der Waals surface area contributed by atoms with E-state index in [1.54, 1.807) is 36.4 Å². The van der Waals surface area contributed by atoms with Gasteiger partial charge in [0.25, 0.3) is 11.8 Å². The zero-order valence-electron chi connectivity index (χ0n) is 19.0. The van der Waals surface area contributed by atoms with Crippen molar-refractivity contribution in [2.75, 3.05) is 26.2 Å². The summed E-state index contributed by atoms with van der Waals surface area (Å²) in [5.41, 5.74) is 1.21. The molecule has 1 fully saturated rings. The lowest BCUT2D eigenvalue weighted by molar-refractivity contribution is -0.120. The zero-order valence-corrected chi connectivity index (χ0v) is 19.0. The number of carbonyl (C=O) groups excluding carboxylic acids is 4. The third kappa shape index (κ3) is 5.32. The van der Waals surface area contributed by atoms with Crippen molar-refractivity contribution < 1.29 is 33.8 Å².